The first kappa shape index (κ1) is 15.8. The molecule has 1 saturated carbocycles. The van der Waals surface area contributed by atoms with Gasteiger partial charge in [0, 0.05) is 6.04 Å². The smallest absolute Gasteiger partial charge is 0.330 e. The van der Waals surface area contributed by atoms with Gasteiger partial charge in [0.05, 0.1) is 6.54 Å². The van der Waals surface area contributed by atoms with E-state index in [0.29, 0.717) is 13.1 Å². The minimum atomic E-state index is -4.07. The van der Waals surface area contributed by atoms with E-state index in [9.17, 15) is 13.2 Å². The van der Waals surface area contributed by atoms with Crippen LogP contribution in [0.2, 0.25) is 0 Å². The molecule has 0 aromatic rings. The van der Waals surface area contributed by atoms with Gasteiger partial charge in [-0.3, -0.25) is 4.90 Å². The van der Waals surface area contributed by atoms with Crippen molar-refractivity contribution in [3.63, 3.8) is 0 Å². The lowest BCUT2D eigenvalue weighted by atomic mass is 9.87. The van der Waals surface area contributed by atoms with Gasteiger partial charge in [0.15, 0.2) is 0 Å². The molecule has 18 heavy (non-hydrogen) atoms. The van der Waals surface area contributed by atoms with Gasteiger partial charge in [0.25, 0.3) is 0 Å². The Kier molecular flexibility index (Phi) is 5.46. The molecule has 2 N–H and O–H groups in total. The largest absolute Gasteiger partial charge is 0.401 e. The fourth-order valence-electron chi connectivity index (χ4n) is 2.08. The number of hydrogen-bond acceptors (Lipinski definition) is 2. The van der Waals surface area contributed by atoms with E-state index in [1.54, 1.807) is 4.90 Å². The molecule has 0 amide bonds. The van der Waals surface area contributed by atoms with Gasteiger partial charge < -0.3 is 5.73 Å². The molecular formula is C13H25F3N2. The quantitative estimate of drug-likeness (QED) is 0.684. The van der Waals surface area contributed by atoms with Crippen LogP contribution in [0, 0.1) is 5.41 Å². The highest BCUT2D eigenvalue weighted by molar-refractivity contribution is 4.85. The molecule has 0 aromatic heterocycles. The fourth-order valence-corrected chi connectivity index (χ4v) is 2.08. The van der Waals surface area contributed by atoms with Gasteiger partial charge in [-0.15, -0.1) is 0 Å². The minimum Gasteiger partial charge on any atom is -0.330 e. The van der Waals surface area contributed by atoms with Gasteiger partial charge in [-0.05, 0) is 44.2 Å². The Hall–Kier alpha value is -0.290. The summed E-state index contributed by atoms with van der Waals surface area (Å²) in [6, 6.07) is 0.175. The van der Waals surface area contributed by atoms with Crippen LogP contribution in [0.15, 0.2) is 0 Å². The average molecular weight is 266 g/mol. The van der Waals surface area contributed by atoms with Crippen molar-refractivity contribution < 1.29 is 13.2 Å². The summed E-state index contributed by atoms with van der Waals surface area (Å²) in [4.78, 5) is 1.59. The lowest BCUT2D eigenvalue weighted by Gasteiger charge is -2.25. The third-order valence-corrected chi connectivity index (χ3v) is 3.55. The van der Waals surface area contributed by atoms with E-state index in [0.717, 1.165) is 32.1 Å². The summed E-state index contributed by atoms with van der Waals surface area (Å²) in [5.41, 5.74) is 5.74. The molecule has 0 aliphatic heterocycles. The van der Waals surface area contributed by atoms with E-state index in [1.165, 1.54) is 0 Å². The molecule has 1 rings (SSSR count). The Morgan fingerprint density at radius 3 is 2.22 bits per heavy atom. The van der Waals surface area contributed by atoms with Gasteiger partial charge in [0.2, 0.25) is 0 Å². The number of halogens is 3. The number of unbranched alkanes of at least 4 members (excludes halogenated alkanes) is 1. The Balaban J connectivity index is 2.22. The molecule has 0 aromatic carbocycles. The minimum absolute atomic E-state index is 0.106. The van der Waals surface area contributed by atoms with Crippen LogP contribution >= 0.6 is 0 Å². The van der Waals surface area contributed by atoms with Crippen molar-refractivity contribution in [2.75, 3.05) is 19.6 Å². The predicted molar refractivity (Wildman–Crippen MR) is 67.3 cm³/mol. The molecule has 0 saturated heterocycles. The molecule has 1 fully saturated rings. The summed E-state index contributed by atoms with van der Waals surface area (Å²) < 4.78 is 37.2. The Morgan fingerprint density at radius 2 is 1.78 bits per heavy atom. The third-order valence-electron chi connectivity index (χ3n) is 3.55. The van der Waals surface area contributed by atoms with Gasteiger partial charge >= 0.3 is 6.18 Å². The van der Waals surface area contributed by atoms with Crippen molar-refractivity contribution in [2.24, 2.45) is 11.1 Å². The molecular weight excluding hydrogens is 241 g/mol. The Bertz CT molecular complexity index is 247. The van der Waals surface area contributed by atoms with Crippen molar-refractivity contribution in [3.05, 3.63) is 0 Å². The van der Waals surface area contributed by atoms with Crippen LogP contribution in [0.5, 0.6) is 0 Å². The van der Waals surface area contributed by atoms with E-state index in [4.69, 9.17) is 5.73 Å². The summed E-state index contributed by atoms with van der Waals surface area (Å²) in [7, 11) is 0. The van der Waals surface area contributed by atoms with Crippen LogP contribution in [0.4, 0.5) is 13.2 Å². The molecule has 0 spiro atoms. The Morgan fingerprint density at radius 1 is 1.17 bits per heavy atom. The average Bonchev–Trinajstić information content (AvgIpc) is 3.04. The lowest BCUT2D eigenvalue weighted by molar-refractivity contribution is -0.147. The van der Waals surface area contributed by atoms with Crippen LogP contribution in [0.1, 0.15) is 46.0 Å². The molecule has 2 nitrogen and oxygen atoms in total. The molecule has 0 atom stereocenters. The third kappa shape index (κ3) is 6.59. The second kappa shape index (κ2) is 6.24. The van der Waals surface area contributed by atoms with Crippen LogP contribution in [-0.4, -0.2) is 36.8 Å². The molecule has 108 valence electrons. The van der Waals surface area contributed by atoms with Crippen molar-refractivity contribution in [2.45, 2.75) is 58.2 Å². The van der Waals surface area contributed by atoms with Crippen molar-refractivity contribution >= 4 is 0 Å². The molecule has 0 bridgehead atoms. The highest BCUT2D eigenvalue weighted by Gasteiger charge is 2.37. The number of rotatable bonds is 8. The molecule has 1 aliphatic rings. The highest BCUT2D eigenvalue weighted by atomic mass is 19.4. The number of hydrogen-bond donors (Lipinski definition) is 1. The van der Waals surface area contributed by atoms with Crippen LogP contribution in [0.25, 0.3) is 0 Å². The van der Waals surface area contributed by atoms with Crippen molar-refractivity contribution in [3.8, 4) is 0 Å². The molecule has 0 unspecified atom stereocenters. The van der Waals surface area contributed by atoms with Gasteiger partial charge in [-0.2, -0.15) is 13.2 Å². The van der Waals surface area contributed by atoms with E-state index < -0.39 is 12.7 Å². The van der Waals surface area contributed by atoms with E-state index in [1.807, 2.05) is 0 Å². The van der Waals surface area contributed by atoms with Gasteiger partial charge in [-0.1, -0.05) is 20.3 Å². The summed E-state index contributed by atoms with van der Waals surface area (Å²) in [6.45, 7) is 4.63. The molecule has 0 heterocycles. The maximum absolute atomic E-state index is 12.4. The van der Waals surface area contributed by atoms with E-state index >= 15 is 0 Å². The summed E-state index contributed by atoms with van der Waals surface area (Å²) in [6.07, 6.45) is 0.531. The first-order chi connectivity index (χ1) is 8.23. The van der Waals surface area contributed by atoms with Crippen LogP contribution in [0.3, 0.4) is 0 Å². The normalized spacial score (nSPS) is 17.5. The van der Waals surface area contributed by atoms with Crippen LogP contribution < -0.4 is 5.73 Å². The maximum Gasteiger partial charge on any atom is 0.401 e. The monoisotopic (exact) mass is 266 g/mol. The number of alkyl halides is 3. The lowest BCUT2D eigenvalue weighted by Crippen LogP contribution is -2.36. The second-order valence-corrected chi connectivity index (χ2v) is 6.14. The summed E-state index contributed by atoms with van der Waals surface area (Å²) in [5.74, 6) is 0. The fraction of sp³-hybridized carbons (Fsp3) is 1.00. The van der Waals surface area contributed by atoms with Crippen molar-refractivity contribution in [1.29, 1.82) is 0 Å². The number of nitrogens with two attached hydrogens (primary N) is 1. The first-order valence-corrected chi connectivity index (χ1v) is 6.74. The summed E-state index contributed by atoms with van der Waals surface area (Å²) in [5, 5.41) is 0. The zero-order valence-corrected chi connectivity index (χ0v) is 11.4. The zero-order valence-electron chi connectivity index (χ0n) is 11.4. The maximum atomic E-state index is 12.4. The van der Waals surface area contributed by atoms with E-state index in [-0.39, 0.29) is 11.5 Å². The number of nitrogens with zero attached hydrogens (tertiary/aromatic N) is 1. The SMILES string of the molecule is CC(C)(CN)CCCCN(CC(F)(F)F)C1CC1. The summed E-state index contributed by atoms with van der Waals surface area (Å²) >= 11 is 0. The van der Waals surface area contributed by atoms with Crippen molar-refractivity contribution in [1.82, 2.24) is 4.90 Å². The topological polar surface area (TPSA) is 29.3 Å². The molecule has 1 aliphatic carbocycles. The first-order valence-electron chi connectivity index (χ1n) is 6.74. The molecule has 0 radical (unpaired) electrons. The predicted octanol–water partition coefficient (Wildman–Crippen LogP) is 3.17. The van der Waals surface area contributed by atoms with Gasteiger partial charge in [0.1, 0.15) is 0 Å². The Labute approximate surface area is 108 Å². The zero-order chi connectivity index (χ0) is 13.8. The highest BCUT2D eigenvalue weighted by Crippen LogP contribution is 2.30. The van der Waals surface area contributed by atoms with Crippen LogP contribution in [-0.2, 0) is 0 Å². The van der Waals surface area contributed by atoms with Gasteiger partial charge in [-0.25, -0.2) is 0 Å². The standard InChI is InChI=1S/C13H25F3N2/c1-12(2,9-17)7-3-4-8-18(11-5-6-11)10-13(14,15)16/h11H,3-10,17H2,1-2H3. The molecule has 5 heteroatoms. The van der Waals surface area contributed by atoms with E-state index in [2.05, 4.69) is 13.8 Å². The second-order valence-electron chi connectivity index (χ2n) is 6.14.